The number of hydrogen-bond donors (Lipinski definition) is 3. The summed E-state index contributed by atoms with van der Waals surface area (Å²) in [7, 11) is 0. The Kier molecular flexibility index (Phi) is 6.72. The first-order valence-corrected chi connectivity index (χ1v) is 9.23. The van der Waals surface area contributed by atoms with E-state index in [1.165, 1.54) is 18.2 Å². The van der Waals surface area contributed by atoms with Gasteiger partial charge in [0.05, 0.1) is 16.7 Å². The van der Waals surface area contributed by atoms with E-state index >= 15 is 0 Å². The van der Waals surface area contributed by atoms with Gasteiger partial charge in [-0.15, -0.1) is 5.10 Å². The number of halogens is 2. The van der Waals surface area contributed by atoms with Gasteiger partial charge in [0, 0.05) is 23.2 Å². The summed E-state index contributed by atoms with van der Waals surface area (Å²) in [6.45, 7) is 1.95. The van der Waals surface area contributed by atoms with Crippen molar-refractivity contribution >= 4 is 41.3 Å². The van der Waals surface area contributed by atoms with Gasteiger partial charge in [0.15, 0.2) is 5.75 Å². The molecule has 3 N–H and O–H groups in total. The van der Waals surface area contributed by atoms with Crippen LogP contribution in [0.3, 0.4) is 0 Å². The zero-order chi connectivity index (χ0) is 22.5. The highest BCUT2D eigenvalue weighted by Crippen LogP contribution is 2.38. The summed E-state index contributed by atoms with van der Waals surface area (Å²) in [5, 5.41) is 11.8. The Morgan fingerprint density at radius 1 is 1.29 bits per heavy atom. The molecule has 0 fully saturated rings. The predicted molar refractivity (Wildman–Crippen MR) is 107 cm³/mol. The van der Waals surface area contributed by atoms with Crippen molar-refractivity contribution in [1.82, 2.24) is 20.3 Å². The topological polar surface area (TPSA) is 169 Å². The van der Waals surface area contributed by atoms with Crippen LogP contribution in [0.15, 0.2) is 32.3 Å². The lowest BCUT2D eigenvalue weighted by atomic mass is 10.1. The maximum absolute atomic E-state index is 12.0. The summed E-state index contributed by atoms with van der Waals surface area (Å²) in [6.07, 6.45) is 0. The van der Waals surface area contributed by atoms with E-state index in [1.807, 2.05) is 0 Å². The lowest BCUT2D eigenvalue weighted by molar-refractivity contribution is -0.129. The van der Waals surface area contributed by atoms with E-state index in [2.05, 4.69) is 34.9 Å². The highest BCUT2D eigenvalue weighted by molar-refractivity contribution is 6.37. The number of ether oxygens (including phenoxy) is 2. The Hall–Kier alpha value is -3.64. The van der Waals surface area contributed by atoms with Crippen LogP contribution in [0.2, 0.25) is 10.0 Å². The number of hydrogen-bond acceptors (Lipinski definition) is 9. The molecule has 1 unspecified atom stereocenters. The Morgan fingerprint density at radius 3 is 2.61 bits per heavy atom. The van der Waals surface area contributed by atoms with Gasteiger partial charge in [-0.2, -0.15) is 0 Å². The standard InChI is InChI=1S/C17H13Cl2N5O7/c1-7(5-29-6-25)9-4-12(22-23-15(9)26)30-13-10(18)2-8(3-11(13)19)20-16(27)14-21-17(28)31-24-14/h2-4,6-7H,5H2,1H3,(H,20,27)(H,23,26)(H,21,24,28). The van der Waals surface area contributed by atoms with Gasteiger partial charge >= 0.3 is 5.76 Å². The summed E-state index contributed by atoms with van der Waals surface area (Å²) in [5.74, 6) is -2.41. The average Bonchev–Trinajstić information content (AvgIpc) is 3.16. The number of rotatable bonds is 8. The van der Waals surface area contributed by atoms with Crippen LogP contribution in [-0.4, -0.2) is 39.3 Å². The molecule has 2 heterocycles. The summed E-state index contributed by atoms with van der Waals surface area (Å²) >= 11 is 12.4. The van der Waals surface area contributed by atoms with Gasteiger partial charge < -0.3 is 14.8 Å². The van der Waals surface area contributed by atoms with Gasteiger partial charge in [-0.1, -0.05) is 30.1 Å². The monoisotopic (exact) mass is 469 g/mol. The largest absolute Gasteiger partial charge is 0.467 e. The fourth-order valence-corrected chi connectivity index (χ4v) is 3.01. The van der Waals surface area contributed by atoms with Crippen LogP contribution in [0, 0.1) is 0 Å². The number of H-pyrrole nitrogens is 2. The van der Waals surface area contributed by atoms with Gasteiger partial charge in [-0.3, -0.25) is 23.9 Å². The van der Waals surface area contributed by atoms with Crippen LogP contribution in [0.1, 0.15) is 29.0 Å². The lowest BCUT2D eigenvalue weighted by Crippen LogP contribution is -2.19. The minimum Gasteiger partial charge on any atom is -0.467 e. The van der Waals surface area contributed by atoms with Crippen LogP contribution in [0.25, 0.3) is 0 Å². The number of benzene rings is 1. The number of amides is 1. The molecule has 1 amide bonds. The second kappa shape index (κ2) is 9.45. The molecule has 3 aromatic rings. The Morgan fingerprint density at radius 2 is 2.00 bits per heavy atom. The van der Waals surface area contributed by atoms with Gasteiger partial charge in [0.2, 0.25) is 11.7 Å². The van der Waals surface area contributed by atoms with Crippen LogP contribution in [-0.2, 0) is 9.53 Å². The number of aromatic nitrogens is 4. The molecule has 2 aromatic heterocycles. The third kappa shape index (κ3) is 5.29. The van der Waals surface area contributed by atoms with E-state index in [1.54, 1.807) is 6.92 Å². The van der Waals surface area contributed by atoms with Crippen molar-refractivity contribution in [2.24, 2.45) is 0 Å². The molecular weight excluding hydrogens is 457 g/mol. The van der Waals surface area contributed by atoms with Crippen molar-refractivity contribution in [3.8, 4) is 11.6 Å². The summed E-state index contributed by atoms with van der Waals surface area (Å²) in [4.78, 5) is 47.4. The molecule has 0 saturated heterocycles. The Bertz CT molecular complexity index is 1210. The quantitative estimate of drug-likeness (QED) is 0.417. The number of carbonyl (C=O) groups excluding carboxylic acids is 2. The van der Waals surface area contributed by atoms with Gasteiger partial charge in [0.25, 0.3) is 17.9 Å². The van der Waals surface area contributed by atoms with Gasteiger partial charge in [0.1, 0.15) is 0 Å². The van der Waals surface area contributed by atoms with E-state index in [0.29, 0.717) is 0 Å². The molecule has 0 bridgehead atoms. The van der Waals surface area contributed by atoms with Crippen molar-refractivity contribution in [2.45, 2.75) is 12.8 Å². The molecule has 0 spiro atoms. The zero-order valence-electron chi connectivity index (χ0n) is 15.6. The maximum atomic E-state index is 12.0. The first-order chi connectivity index (χ1) is 14.8. The van der Waals surface area contributed by atoms with Gasteiger partial charge in [-0.25, -0.2) is 9.89 Å². The molecule has 1 atom stereocenters. The zero-order valence-corrected chi connectivity index (χ0v) is 17.1. The number of aromatic amines is 2. The molecule has 0 aliphatic carbocycles. The third-order valence-corrected chi connectivity index (χ3v) is 4.43. The minimum atomic E-state index is -0.884. The first-order valence-electron chi connectivity index (χ1n) is 8.47. The van der Waals surface area contributed by atoms with Crippen LogP contribution < -0.4 is 21.4 Å². The van der Waals surface area contributed by atoms with E-state index in [-0.39, 0.29) is 51.8 Å². The normalized spacial score (nSPS) is 11.6. The third-order valence-electron chi connectivity index (χ3n) is 3.87. The van der Waals surface area contributed by atoms with E-state index < -0.39 is 23.1 Å². The summed E-state index contributed by atoms with van der Waals surface area (Å²) in [6, 6.07) is 4.04. The molecule has 0 aliphatic heterocycles. The molecule has 0 aliphatic rings. The molecule has 3 rings (SSSR count). The van der Waals surface area contributed by atoms with E-state index in [9.17, 15) is 19.2 Å². The number of anilines is 1. The van der Waals surface area contributed by atoms with Crippen molar-refractivity contribution in [2.75, 3.05) is 11.9 Å². The molecule has 0 radical (unpaired) electrons. The maximum Gasteiger partial charge on any atom is 0.439 e. The predicted octanol–water partition coefficient (Wildman–Crippen LogP) is 2.07. The van der Waals surface area contributed by atoms with Crippen molar-refractivity contribution in [1.29, 1.82) is 0 Å². The van der Waals surface area contributed by atoms with Crippen LogP contribution >= 0.6 is 23.2 Å². The van der Waals surface area contributed by atoms with Crippen molar-refractivity contribution in [3.63, 3.8) is 0 Å². The smallest absolute Gasteiger partial charge is 0.439 e. The fraction of sp³-hybridized carbons (Fsp3) is 0.176. The van der Waals surface area contributed by atoms with Crippen LogP contribution in [0.5, 0.6) is 11.6 Å². The minimum absolute atomic E-state index is 0.0112. The molecular formula is C17H13Cl2N5O7. The lowest BCUT2D eigenvalue weighted by Gasteiger charge is -2.13. The van der Waals surface area contributed by atoms with E-state index in [0.717, 1.165) is 0 Å². The first kappa shape index (κ1) is 22.1. The molecule has 0 saturated carbocycles. The Balaban J connectivity index is 1.81. The average molecular weight is 470 g/mol. The van der Waals surface area contributed by atoms with Crippen LogP contribution in [0.4, 0.5) is 5.69 Å². The number of nitrogens with one attached hydrogen (secondary N) is 3. The Labute approximate surface area is 182 Å². The highest BCUT2D eigenvalue weighted by atomic mass is 35.5. The van der Waals surface area contributed by atoms with Crippen molar-refractivity contribution in [3.05, 3.63) is 60.5 Å². The molecule has 162 valence electrons. The molecule has 14 heteroatoms. The molecule has 12 nitrogen and oxygen atoms in total. The highest BCUT2D eigenvalue weighted by Gasteiger charge is 2.18. The molecule has 31 heavy (non-hydrogen) atoms. The fourth-order valence-electron chi connectivity index (χ4n) is 2.45. The summed E-state index contributed by atoms with van der Waals surface area (Å²) < 4.78 is 14.5. The van der Waals surface area contributed by atoms with E-state index in [4.69, 9.17) is 27.9 Å². The number of carbonyl (C=O) groups is 2. The number of nitrogens with zero attached hydrogens (tertiary/aromatic N) is 2. The second-order valence-electron chi connectivity index (χ2n) is 6.09. The van der Waals surface area contributed by atoms with Gasteiger partial charge in [-0.05, 0) is 17.3 Å². The second-order valence-corrected chi connectivity index (χ2v) is 6.90. The SMILES string of the molecule is CC(COC=O)c1cc(Oc2c(Cl)cc(NC(=O)c3noc(=O)[nH]3)cc2Cl)n[nH]c1=O. The summed E-state index contributed by atoms with van der Waals surface area (Å²) in [5.41, 5.74) is -0.0222. The molecule has 1 aromatic carbocycles. The van der Waals surface area contributed by atoms with Crippen molar-refractivity contribution < 1.29 is 23.6 Å².